The highest BCUT2D eigenvalue weighted by Gasteiger charge is 2.37. The summed E-state index contributed by atoms with van der Waals surface area (Å²) in [5.74, 6) is -0.199. The molecule has 1 aromatic heterocycles. The van der Waals surface area contributed by atoms with Gasteiger partial charge in [-0.05, 0) is 36.8 Å². The van der Waals surface area contributed by atoms with E-state index in [1.165, 1.54) is 21.9 Å². The maximum Gasteiger partial charge on any atom is 0.247 e. The Morgan fingerprint density at radius 1 is 1.07 bits per heavy atom. The smallest absolute Gasteiger partial charge is 0.247 e. The summed E-state index contributed by atoms with van der Waals surface area (Å²) in [5, 5.41) is 8.01. The van der Waals surface area contributed by atoms with Crippen LogP contribution in [0.3, 0.4) is 0 Å². The van der Waals surface area contributed by atoms with Crippen molar-refractivity contribution in [2.24, 2.45) is 0 Å². The molecule has 1 aliphatic heterocycles. The molecule has 3 aromatic rings. The van der Waals surface area contributed by atoms with Gasteiger partial charge < -0.3 is 14.2 Å². The molecule has 1 saturated heterocycles. The van der Waals surface area contributed by atoms with Crippen molar-refractivity contribution in [1.82, 2.24) is 20.0 Å². The Kier molecular flexibility index (Phi) is 5.07. The number of nitrogens with zero attached hydrogens (tertiary/aromatic N) is 4. The third kappa shape index (κ3) is 4.01. The van der Waals surface area contributed by atoms with E-state index >= 15 is 0 Å². The minimum Gasteiger partial charge on any atom is -0.419 e. The summed E-state index contributed by atoms with van der Waals surface area (Å²) < 4.78 is 19.1. The van der Waals surface area contributed by atoms with Gasteiger partial charge in [0.1, 0.15) is 18.4 Å². The Balaban J connectivity index is 1.46. The second-order valence-electron chi connectivity index (χ2n) is 6.89. The monoisotopic (exact) mass is 394 g/mol. The van der Waals surface area contributed by atoms with Crippen molar-refractivity contribution in [3.63, 3.8) is 0 Å². The van der Waals surface area contributed by atoms with Crippen LogP contribution >= 0.6 is 0 Å². The Labute approximate surface area is 166 Å². The molecule has 0 spiro atoms. The average Bonchev–Trinajstić information content (AvgIpc) is 3.19. The van der Waals surface area contributed by atoms with E-state index in [4.69, 9.17) is 4.42 Å². The lowest BCUT2D eigenvalue weighted by Crippen LogP contribution is -2.58. The molecule has 1 fully saturated rings. The van der Waals surface area contributed by atoms with Crippen molar-refractivity contribution in [2.45, 2.75) is 26.1 Å². The van der Waals surface area contributed by atoms with Crippen LogP contribution < -0.4 is 0 Å². The number of piperazine rings is 1. The number of carbonyl (C=O) groups excluding carboxylic acids is 2. The van der Waals surface area contributed by atoms with Gasteiger partial charge in [0.2, 0.25) is 23.6 Å². The summed E-state index contributed by atoms with van der Waals surface area (Å²) in [7, 11) is 0. The standard InChI is InChI=1S/C21H19FN4O3/c1-14-21(28)25(11-15-6-5-9-17(22)10-15)13-19(27)26(14)12-18-23-24-20(29-18)16-7-3-2-4-8-16/h2-10,14H,11-13H2,1H3/t14-/m0/s1. The Hall–Kier alpha value is -3.55. The largest absolute Gasteiger partial charge is 0.419 e. The van der Waals surface area contributed by atoms with E-state index in [9.17, 15) is 14.0 Å². The predicted octanol–water partition coefficient (Wildman–Crippen LogP) is 2.64. The fraction of sp³-hybridized carbons (Fsp3) is 0.238. The van der Waals surface area contributed by atoms with Gasteiger partial charge >= 0.3 is 0 Å². The van der Waals surface area contributed by atoms with Crippen LogP contribution in [0.5, 0.6) is 0 Å². The molecule has 2 heterocycles. The molecule has 0 N–H and O–H groups in total. The van der Waals surface area contributed by atoms with Gasteiger partial charge in [-0.2, -0.15) is 0 Å². The van der Waals surface area contributed by atoms with Crippen LogP contribution in [0.1, 0.15) is 18.4 Å². The Bertz CT molecular complexity index is 1040. The molecular weight excluding hydrogens is 375 g/mol. The van der Waals surface area contributed by atoms with E-state index < -0.39 is 6.04 Å². The van der Waals surface area contributed by atoms with Crippen LogP contribution in [0.2, 0.25) is 0 Å². The first-order valence-electron chi connectivity index (χ1n) is 9.22. The van der Waals surface area contributed by atoms with Crippen molar-refractivity contribution < 1.29 is 18.4 Å². The van der Waals surface area contributed by atoms with Gasteiger partial charge in [0.25, 0.3) is 0 Å². The van der Waals surface area contributed by atoms with Crippen molar-refractivity contribution in [3.8, 4) is 11.5 Å². The molecular formula is C21H19FN4O3. The van der Waals surface area contributed by atoms with Gasteiger partial charge in [0, 0.05) is 12.1 Å². The first kappa shape index (κ1) is 18.8. The third-order valence-corrected chi connectivity index (χ3v) is 4.84. The molecule has 0 unspecified atom stereocenters. The van der Waals surface area contributed by atoms with Crippen molar-refractivity contribution >= 4 is 11.8 Å². The summed E-state index contributed by atoms with van der Waals surface area (Å²) >= 11 is 0. The first-order valence-corrected chi connectivity index (χ1v) is 9.22. The highest BCUT2D eigenvalue weighted by atomic mass is 19.1. The minimum absolute atomic E-state index is 0.0549. The van der Waals surface area contributed by atoms with Gasteiger partial charge in [-0.3, -0.25) is 9.59 Å². The van der Waals surface area contributed by atoms with E-state index in [-0.39, 0.29) is 43.2 Å². The molecule has 29 heavy (non-hydrogen) atoms. The van der Waals surface area contributed by atoms with E-state index in [1.807, 2.05) is 30.3 Å². The van der Waals surface area contributed by atoms with E-state index in [0.29, 0.717) is 11.5 Å². The maximum absolute atomic E-state index is 13.4. The van der Waals surface area contributed by atoms with Crippen molar-refractivity contribution in [1.29, 1.82) is 0 Å². The van der Waals surface area contributed by atoms with Crippen molar-refractivity contribution in [2.75, 3.05) is 6.54 Å². The van der Waals surface area contributed by atoms with E-state index in [1.54, 1.807) is 19.1 Å². The summed E-state index contributed by atoms with van der Waals surface area (Å²) in [4.78, 5) is 28.3. The van der Waals surface area contributed by atoms with Crippen LogP contribution in [0.15, 0.2) is 59.0 Å². The quantitative estimate of drug-likeness (QED) is 0.665. The van der Waals surface area contributed by atoms with E-state index in [2.05, 4.69) is 10.2 Å². The number of rotatable bonds is 5. The molecule has 0 saturated carbocycles. The zero-order valence-corrected chi connectivity index (χ0v) is 15.8. The number of carbonyl (C=O) groups is 2. The number of benzene rings is 2. The van der Waals surface area contributed by atoms with E-state index in [0.717, 1.165) is 5.56 Å². The molecule has 8 heteroatoms. The molecule has 4 rings (SSSR count). The molecule has 2 aromatic carbocycles. The molecule has 148 valence electrons. The zero-order valence-electron chi connectivity index (χ0n) is 15.8. The van der Waals surface area contributed by atoms with Gasteiger partial charge in [-0.1, -0.05) is 30.3 Å². The van der Waals surface area contributed by atoms with Gasteiger partial charge in [0.15, 0.2) is 0 Å². The third-order valence-electron chi connectivity index (χ3n) is 4.84. The minimum atomic E-state index is -0.683. The van der Waals surface area contributed by atoms with Crippen molar-refractivity contribution in [3.05, 3.63) is 71.9 Å². The molecule has 0 bridgehead atoms. The Morgan fingerprint density at radius 3 is 2.62 bits per heavy atom. The van der Waals surface area contributed by atoms with Crippen LogP contribution in [0, 0.1) is 5.82 Å². The molecule has 1 aliphatic rings. The van der Waals surface area contributed by atoms with Crippen LogP contribution in [0.25, 0.3) is 11.5 Å². The lowest BCUT2D eigenvalue weighted by Gasteiger charge is -2.38. The second-order valence-corrected chi connectivity index (χ2v) is 6.89. The van der Waals surface area contributed by atoms with Gasteiger partial charge in [-0.25, -0.2) is 4.39 Å². The number of aromatic nitrogens is 2. The van der Waals surface area contributed by atoms with Gasteiger partial charge in [0.05, 0.1) is 6.54 Å². The molecule has 0 radical (unpaired) electrons. The number of hydrogen-bond acceptors (Lipinski definition) is 5. The molecule has 7 nitrogen and oxygen atoms in total. The molecule has 1 atom stereocenters. The highest BCUT2D eigenvalue weighted by molar-refractivity contribution is 5.94. The highest BCUT2D eigenvalue weighted by Crippen LogP contribution is 2.21. The van der Waals surface area contributed by atoms with Gasteiger partial charge in [-0.15, -0.1) is 10.2 Å². The second kappa shape index (κ2) is 7.83. The zero-order chi connectivity index (χ0) is 20.4. The fourth-order valence-electron chi connectivity index (χ4n) is 3.32. The lowest BCUT2D eigenvalue weighted by atomic mass is 10.1. The summed E-state index contributed by atoms with van der Waals surface area (Å²) in [6.45, 7) is 1.81. The number of hydrogen-bond donors (Lipinski definition) is 0. The molecule has 0 aliphatic carbocycles. The first-order chi connectivity index (χ1) is 14.0. The SMILES string of the molecule is C[C@H]1C(=O)N(Cc2cccc(F)c2)CC(=O)N1Cc1nnc(-c2ccccc2)o1. The summed E-state index contributed by atoms with van der Waals surface area (Å²) in [6.07, 6.45) is 0. The lowest BCUT2D eigenvalue weighted by molar-refractivity contribution is -0.156. The Morgan fingerprint density at radius 2 is 1.86 bits per heavy atom. The van der Waals surface area contributed by atoms with Crippen LogP contribution in [-0.2, 0) is 22.7 Å². The average molecular weight is 394 g/mol. The summed E-state index contributed by atoms with van der Waals surface area (Å²) in [6, 6.07) is 14.6. The fourth-order valence-corrected chi connectivity index (χ4v) is 3.32. The normalized spacial score (nSPS) is 17.1. The summed E-state index contributed by atoms with van der Waals surface area (Å²) in [5.41, 5.74) is 1.41. The predicted molar refractivity (Wildman–Crippen MR) is 102 cm³/mol. The number of amides is 2. The maximum atomic E-state index is 13.4. The van der Waals surface area contributed by atoms with Crippen LogP contribution in [-0.4, -0.2) is 44.4 Å². The van der Waals surface area contributed by atoms with Crippen LogP contribution in [0.4, 0.5) is 4.39 Å². The number of halogens is 1. The molecule has 2 amide bonds. The topological polar surface area (TPSA) is 79.5 Å².